The van der Waals surface area contributed by atoms with Gasteiger partial charge in [-0.15, -0.1) is 0 Å². The van der Waals surface area contributed by atoms with Crippen molar-refractivity contribution in [2.24, 2.45) is 10.7 Å². The van der Waals surface area contributed by atoms with Crippen LogP contribution in [0.5, 0.6) is 5.75 Å². The van der Waals surface area contributed by atoms with E-state index in [2.05, 4.69) is 20.1 Å². The molecule has 12 nitrogen and oxygen atoms in total. The molecule has 3 N–H and O–H groups in total. The lowest BCUT2D eigenvalue weighted by molar-refractivity contribution is -0.205. The van der Waals surface area contributed by atoms with Crippen molar-refractivity contribution in [1.29, 1.82) is 0 Å². The summed E-state index contributed by atoms with van der Waals surface area (Å²) in [7, 11) is 5.00. The van der Waals surface area contributed by atoms with Gasteiger partial charge in [0.2, 0.25) is 5.91 Å². The lowest BCUT2D eigenvalue weighted by Gasteiger charge is -2.35. The Kier molecular flexibility index (Phi) is 16.0. The molecule has 50 heavy (non-hydrogen) atoms. The topological polar surface area (TPSA) is 139 Å². The Morgan fingerprint density at radius 3 is 2.30 bits per heavy atom. The fourth-order valence-corrected chi connectivity index (χ4v) is 5.27. The summed E-state index contributed by atoms with van der Waals surface area (Å²) in [5.74, 6) is -3.33. The number of methoxy groups -OCH3 is 1. The predicted molar refractivity (Wildman–Crippen MR) is 183 cm³/mol. The normalized spacial score (nSPS) is 15.0. The lowest BCUT2D eigenvalue weighted by atomic mass is 9.93. The number of guanidine groups is 1. The van der Waals surface area contributed by atoms with Gasteiger partial charge in [0.05, 0.1) is 13.2 Å². The molecule has 0 bridgehead atoms. The Morgan fingerprint density at radius 1 is 1.00 bits per heavy atom. The molecular formula is C35H49F3N6O6. The number of halogens is 3. The zero-order chi connectivity index (χ0) is 36.7. The van der Waals surface area contributed by atoms with Crippen LogP contribution in [0.4, 0.5) is 13.2 Å². The summed E-state index contributed by atoms with van der Waals surface area (Å²) in [6, 6.07) is 13.0. The third kappa shape index (κ3) is 12.6. The molecule has 1 aliphatic rings. The maximum atomic E-state index is 13.4. The first-order chi connectivity index (χ1) is 23.8. The SMILES string of the molecule is CCCCN=C(N)NC(=O)C(Cc1ccc(-c2ccccc2)c(OCCCOC)c1CN1CCN(CC(=O)N(C)C)CC1)OC(=O)C(F)(F)F. The summed E-state index contributed by atoms with van der Waals surface area (Å²) in [5, 5.41) is 2.30. The van der Waals surface area contributed by atoms with Gasteiger partial charge in [-0.1, -0.05) is 55.8 Å². The molecule has 3 rings (SSSR count). The molecule has 1 aliphatic heterocycles. The fourth-order valence-electron chi connectivity index (χ4n) is 5.27. The molecule has 0 aromatic heterocycles. The quantitative estimate of drug-likeness (QED) is 0.110. The number of benzene rings is 2. The van der Waals surface area contributed by atoms with E-state index in [9.17, 15) is 27.6 Å². The standard InChI is InChI=1S/C35H49F3N6O6/c1-5-6-15-40-34(39)41-32(46)29(50-33(47)35(36,37)38)22-26-13-14-27(25-11-8-7-9-12-25)31(49-21-10-20-48-4)28(26)23-43-16-18-44(19-17-43)24-30(45)42(2)3/h7-9,11-14,29H,5-6,10,15-24H2,1-4H3,(H3,39,40,41,46). The Balaban J connectivity index is 2.05. The van der Waals surface area contributed by atoms with Gasteiger partial charge in [0.1, 0.15) is 5.75 Å². The number of rotatable bonds is 17. The number of carbonyl (C=O) groups is 3. The van der Waals surface area contributed by atoms with Crippen molar-refractivity contribution in [2.45, 2.75) is 51.4 Å². The maximum Gasteiger partial charge on any atom is 0.490 e. The smallest absolute Gasteiger partial charge is 0.490 e. The van der Waals surface area contributed by atoms with Crippen molar-refractivity contribution in [2.75, 3.05) is 73.7 Å². The highest BCUT2D eigenvalue weighted by Gasteiger charge is 2.43. The minimum Gasteiger partial charge on any atom is -0.493 e. The molecule has 276 valence electrons. The Labute approximate surface area is 291 Å². The van der Waals surface area contributed by atoms with Crippen molar-refractivity contribution in [3.05, 3.63) is 53.6 Å². The van der Waals surface area contributed by atoms with Gasteiger partial charge < -0.3 is 24.8 Å². The minimum absolute atomic E-state index is 0.00295. The van der Waals surface area contributed by atoms with E-state index in [1.807, 2.05) is 37.3 Å². The molecule has 1 saturated heterocycles. The van der Waals surface area contributed by atoms with E-state index in [-0.39, 0.29) is 25.0 Å². The van der Waals surface area contributed by atoms with Crippen LogP contribution in [0, 0.1) is 0 Å². The van der Waals surface area contributed by atoms with Crippen LogP contribution >= 0.6 is 0 Å². The van der Waals surface area contributed by atoms with Crippen LogP contribution < -0.4 is 15.8 Å². The number of aliphatic imine (C=N–C) groups is 1. The molecule has 0 aliphatic carbocycles. The van der Waals surface area contributed by atoms with Crippen LogP contribution in [0.3, 0.4) is 0 Å². The molecular weight excluding hydrogens is 657 g/mol. The molecule has 15 heteroatoms. The maximum absolute atomic E-state index is 13.4. The average Bonchev–Trinajstić information content (AvgIpc) is 3.08. The van der Waals surface area contributed by atoms with Gasteiger partial charge in [-0.05, 0) is 17.5 Å². The first-order valence-corrected chi connectivity index (χ1v) is 16.7. The number of ether oxygens (including phenoxy) is 3. The molecule has 2 aromatic rings. The molecule has 0 radical (unpaired) electrons. The third-order valence-electron chi connectivity index (χ3n) is 8.11. The molecule has 1 unspecified atom stereocenters. The van der Waals surface area contributed by atoms with Crippen molar-refractivity contribution in [1.82, 2.24) is 20.0 Å². The van der Waals surface area contributed by atoms with Gasteiger partial charge in [-0.25, -0.2) is 4.79 Å². The second-order valence-corrected chi connectivity index (χ2v) is 12.2. The van der Waals surface area contributed by atoms with Crippen LogP contribution in [0.15, 0.2) is 47.5 Å². The van der Waals surface area contributed by atoms with E-state index in [0.717, 1.165) is 17.5 Å². The molecule has 1 atom stereocenters. The Hall–Kier alpha value is -4.21. The Bertz CT molecular complexity index is 1430. The largest absolute Gasteiger partial charge is 0.493 e. The van der Waals surface area contributed by atoms with E-state index in [0.29, 0.717) is 75.6 Å². The second-order valence-electron chi connectivity index (χ2n) is 12.2. The lowest BCUT2D eigenvalue weighted by Crippen LogP contribution is -2.49. The number of hydrogen-bond donors (Lipinski definition) is 2. The van der Waals surface area contributed by atoms with E-state index in [4.69, 9.17) is 19.9 Å². The highest BCUT2D eigenvalue weighted by atomic mass is 19.4. The number of carbonyl (C=O) groups excluding carboxylic acids is 3. The van der Waals surface area contributed by atoms with Gasteiger partial charge in [0.15, 0.2) is 12.1 Å². The molecule has 0 saturated carbocycles. The summed E-state index contributed by atoms with van der Waals surface area (Å²) in [6.07, 6.45) is -5.54. The number of likely N-dealkylation sites (N-methyl/N-ethyl adjacent to an activating group) is 1. The number of esters is 1. The van der Waals surface area contributed by atoms with Crippen LogP contribution in [0.25, 0.3) is 11.1 Å². The molecule has 1 heterocycles. The predicted octanol–water partition coefficient (Wildman–Crippen LogP) is 3.22. The van der Waals surface area contributed by atoms with Gasteiger partial charge in [0, 0.05) is 91.0 Å². The fraction of sp³-hybridized carbons (Fsp3) is 0.543. The highest BCUT2D eigenvalue weighted by molar-refractivity contribution is 5.99. The van der Waals surface area contributed by atoms with Crippen LogP contribution in [0.1, 0.15) is 37.3 Å². The van der Waals surface area contributed by atoms with Gasteiger partial charge >= 0.3 is 12.1 Å². The average molecular weight is 707 g/mol. The number of piperazine rings is 1. The van der Waals surface area contributed by atoms with E-state index in [1.165, 1.54) is 0 Å². The zero-order valence-electron chi connectivity index (χ0n) is 29.3. The molecule has 2 amide bonds. The minimum atomic E-state index is -5.33. The molecule has 2 aromatic carbocycles. The second kappa shape index (κ2) is 19.8. The number of alkyl halides is 3. The van der Waals surface area contributed by atoms with E-state index < -0.39 is 30.6 Å². The highest BCUT2D eigenvalue weighted by Crippen LogP contribution is 2.37. The number of nitrogens with two attached hydrogens (primary N) is 1. The van der Waals surface area contributed by atoms with Crippen LogP contribution in [0.2, 0.25) is 0 Å². The summed E-state index contributed by atoms with van der Waals surface area (Å²) in [4.78, 5) is 47.5. The summed E-state index contributed by atoms with van der Waals surface area (Å²) >= 11 is 0. The van der Waals surface area contributed by atoms with Crippen LogP contribution in [-0.2, 0) is 36.8 Å². The van der Waals surface area contributed by atoms with Crippen molar-refractivity contribution in [3.8, 4) is 16.9 Å². The van der Waals surface area contributed by atoms with Crippen molar-refractivity contribution in [3.63, 3.8) is 0 Å². The van der Waals surface area contributed by atoms with Crippen molar-refractivity contribution < 1.29 is 41.8 Å². The van der Waals surface area contributed by atoms with Crippen LogP contribution in [-0.4, -0.2) is 124 Å². The third-order valence-corrected chi connectivity index (χ3v) is 8.11. The molecule has 1 fully saturated rings. The number of nitrogens with one attached hydrogen (secondary N) is 1. The number of hydrogen-bond acceptors (Lipinski definition) is 9. The first kappa shape index (κ1) is 40.2. The molecule has 0 spiro atoms. The number of unbranched alkanes of at least 4 members (excludes halogenated alkanes) is 1. The summed E-state index contributed by atoms with van der Waals surface area (Å²) in [6.45, 7) is 5.99. The monoisotopic (exact) mass is 706 g/mol. The zero-order valence-corrected chi connectivity index (χ0v) is 29.3. The van der Waals surface area contributed by atoms with Crippen molar-refractivity contribution >= 4 is 23.7 Å². The Morgan fingerprint density at radius 2 is 1.68 bits per heavy atom. The van der Waals surface area contributed by atoms with Gasteiger partial charge in [0.25, 0.3) is 5.91 Å². The van der Waals surface area contributed by atoms with E-state index in [1.54, 1.807) is 38.2 Å². The summed E-state index contributed by atoms with van der Waals surface area (Å²) < 4.78 is 56.6. The van der Waals surface area contributed by atoms with Gasteiger partial charge in [-0.2, -0.15) is 13.2 Å². The number of nitrogens with zero attached hydrogens (tertiary/aromatic N) is 4. The summed E-state index contributed by atoms with van der Waals surface area (Å²) in [5.41, 5.74) is 8.53. The van der Waals surface area contributed by atoms with Gasteiger partial charge in [-0.3, -0.25) is 29.7 Å². The number of amides is 2. The van der Waals surface area contributed by atoms with E-state index >= 15 is 0 Å². The first-order valence-electron chi connectivity index (χ1n) is 16.7.